The zero-order valence-electron chi connectivity index (χ0n) is 59.4. The Labute approximate surface area is 580 Å². The SMILES string of the molecule is CCCCCCCCC/C=C\CCCCCC(=O)OCC(COP(=O)(O)OC1C(OC2OC(CO)C(O)C(O)C2O)C(O)C(O)C(O)C1OC1OC(COC(=O)CCCCCCCCCCCCCCCC)C(O)C(O)C1O)OC(=O)CCCCCCCCCCCCCCCC. The van der Waals surface area contributed by atoms with Crippen LogP contribution in [0.3, 0.4) is 0 Å². The summed E-state index contributed by atoms with van der Waals surface area (Å²) in [7, 11) is -5.70. The molecule has 0 aromatic rings. The van der Waals surface area contributed by atoms with E-state index in [1.54, 1.807) is 0 Å². The topological polar surface area (TPSA) is 374 Å². The van der Waals surface area contributed by atoms with Gasteiger partial charge in [-0.15, -0.1) is 0 Å². The van der Waals surface area contributed by atoms with Gasteiger partial charge in [0.05, 0.1) is 13.2 Å². The molecule has 97 heavy (non-hydrogen) atoms. The van der Waals surface area contributed by atoms with Gasteiger partial charge in [-0.2, -0.15) is 0 Å². The number of allylic oxidation sites excluding steroid dienone is 2. The predicted molar refractivity (Wildman–Crippen MR) is 365 cm³/mol. The average molecular weight is 1410 g/mol. The van der Waals surface area contributed by atoms with Gasteiger partial charge < -0.3 is 89.1 Å². The minimum absolute atomic E-state index is 0.0280. The van der Waals surface area contributed by atoms with Crippen LogP contribution in [0.25, 0.3) is 0 Å². The fourth-order valence-electron chi connectivity index (χ4n) is 12.6. The van der Waals surface area contributed by atoms with Crippen LogP contribution in [-0.2, 0) is 61.2 Å². The zero-order chi connectivity index (χ0) is 71.1. The maximum absolute atomic E-state index is 14.3. The number of unbranched alkanes of at least 4 members (excludes halogenated alkanes) is 36. The predicted octanol–water partition coefficient (Wildman–Crippen LogP) is 10.4. The maximum Gasteiger partial charge on any atom is 0.472 e. The number of hydrogen-bond donors (Lipinski definition) is 11. The Bertz CT molecular complexity index is 2060. The standard InChI is InChI=1S/C72H133O24P/c1-4-7-10-13-16-19-22-25-28-31-34-37-40-43-46-56(74)88-50-53(91-58(76)48-45-42-39-36-33-30-27-24-21-18-15-12-9-6-3)51-90-97(86,87)96-70-68(94-71-66(84)61(79)59(77)54(49-73)92-71)64(82)63(81)65(83)69(70)95-72-67(85)62(80)60(78)55(93-72)52-89-57(75)47-44-41-38-35-32-29-26-23-20-17-14-11-8-5-2/h28,31,53-55,59-73,77-85H,4-27,29-30,32-52H2,1-3H3,(H,86,87)/b31-28-. The lowest BCUT2D eigenvalue weighted by atomic mass is 9.84. The summed E-state index contributed by atoms with van der Waals surface area (Å²) in [6.45, 7) is 3.44. The molecule has 11 N–H and O–H groups in total. The van der Waals surface area contributed by atoms with Gasteiger partial charge in [0.15, 0.2) is 18.7 Å². The third kappa shape index (κ3) is 37.6. The Morgan fingerprint density at radius 2 is 0.722 bits per heavy atom. The van der Waals surface area contributed by atoms with E-state index in [9.17, 15) is 74.9 Å². The molecule has 3 fully saturated rings. The van der Waals surface area contributed by atoms with E-state index in [0.717, 1.165) is 96.3 Å². The number of esters is 3. The first kappa shape index (κ1) is 88.9. The van der Waals surface area contributed by atoms with Crippen molar-refractivity contribution in [3.8, 4) is 0 Å². The normalized spacial score (nSPS) is 27.8. The first-order valence-electron chi connectivity index (χ1n) is 38.0. The smallest absolute Gasteiger partial charge is 0.463 e. The molecule has 0 bridgehead atoms. The number of rotatable bonds is 59. The minimum Gasteiger partial charge on any atom is -0.463 e. The van der Waals surface area contributed by atoms with E-state index in [2.05, 4.69) is 32.9 Å². The third-order valence-corrected chi connectivity index (χ3v) is 19.8. The Morgan fingerprint density at radius 3 is 1.12 bits per heavy atom. The molecule has 0 amide bonds. The Hall–Kier alpha value is -2.30. The highest BCUT2D eigenvalue weighted by molar-refractivity contribution is 7.47. The fraction of sp³-hybridized carbons (Fsp3) is 0.931. The number of hydrogen-bond acceptors (Lipinski definition) is 23. The summed E-state index contributed by atoms with van der Waals surface area (Å²) in [5.74, 6) is -2.00. The molecule has 18 unspecified atom stereocenters. The highest BCUT2D eigenvalue weighted by Gasteiger charge is 2.58. The van der Waals surface area contributed by atoms with Crippen molar-refractivity contribution in [2.45, 2.75) is 401 Å². The summed E-state index contributed by atoms with van der Waals surface area (Å²) >= 11 is 0. The Kier molecular flexibility index (Phi) is 49.8. The number of carbonyl (C=O) groups excluding carboxylic acids is 3. The Balaban J connectivity index is 1.74. The van der Waals surface area contributed by atoms with Crippen molar-refractivity contribution in [3.05, 3.63) is 12.2 Å². The van der Waals surface area contributed by atoms with Crippen LogP contribution in [0.15, 0.2) is 12.2 Å². The molecule has 570 valence electrons. The number of phosphoric ester groups is 1. The second kappa shape index (κ2) is 54.4. The zero-order valence-corrected chi connectivity index (χ0v) is 60.3. The van der Waals surface area contributed by atoms with E-state index in [1.165, 1.54) is 141 Å². The van der Waals surface area contributed by atoms with Crippen molar-refractivity contribution in [3.63, 3.8) is 0 Å². The van der Waals surface area contributed by atoms with E-state index in [-0.39, 0.29) is 19.3 Å². The molecular formula is C72H133O24P. The average Bonchev–Trinajstić information content (AvgIpc) is 0.763. The van der Waals surface area contributed by atoms with E-state index in [1.807, 2.05) is 0 Å². The molecule has 24 nitrogen and oxygen atoms in total. The van der Waals surface area contributed by atoms with Crippen LogP contribution in [0.5, 0.6) is 0 Å². The highest BCUT2D eigenvalue weighted by atomic mass is 31.2. The lowest BCUT2D eigenvalue weighted by Crippen LogP contribution is -2.69. The van der Waals surface area contributed by atoms with E-state index in [0.29, 0.717) is 19.3 Å². The molecule has 18 atom stereocenters. The van der Waals surface area contributed by atoms with Crippen LogP contribution in [0.4, 0.5) is 0 Å². The summed E-state index contributed by atoms with van der Waals surface area (Å²) in [5.41, 5.74) is 0. The van der Waals surface area contributed by atoms with Crippen LogP contribution >= 0.6 is 7.82 Å². The molecule has 1 aliphatic carbocycles. The minimum atomic E-state index is -5.70. The number of phosphoric acid groups is 1. The molecule has 25 heteroatoms. The van der Waals surface area contributed by atoms with Crippen LogP contribution < -0.4 is 0 Å². The number of aliphatic hydroxyl groups is 10. The second-order valence-corrected chi connectivity index (χ2v) is 28.8. The molecule has 1 saturated carbocycles. The van der Waals surface area contributed by atoms with Crippen molar-refractivity contribution >= 4 is 25.7 Å². The molecule has 2 aliphatic heterocycles. The van der Waals surface area contributed by atoms with Gasteiger partial charge in [-0.05, 0) is 44.9 Å². The quantitative estimate of drug-likeness (QED) is 0.00886. The summed E-state index contributed by atoms with van der Waals surface area (Å²) in [5, 5.41) is 110. The summed E-state index contributed by atoms with van der Waals surface area (Å²) in [6.07, 6.45) is 12.8. The van der Waals surface area contributed by atoms with Crippen molar-refractivity contribution in [1.29, 1.82) is 0 Å². The van der Waals surface area contributed by atoms with Gasteiger partial charge in [-0.3, -0.25) is 23.4 Å². The van der Waals surface area contributed by atoms with Crippen molar-refractivity contribution in [2.24, 2.45) is 0 Å². The van der Waals surface area contributed by atoms with Crippen molar-refractivity contribution in [2.75, 3.05) is 26.4 Å². The van der Waals surface area contributed by atoms with E-state index < -0.39 is 156 Å². The summed E-state index contributed by atoms with van der Waals surface area (Å²) in [6, 6.07) is 0. The summed E-state index contributed by atoms with van der Waals surface area (Å²) < 4.78 is 65.0. The number of aliphatic hydroxyl groups excluding tert-OH is 10. The molecular weight excluding hydrogens is 1280 g/mol. The molecule has 3 aliphatic rings. The molecule has 0 radical (unpaired) electrons. The highest BCUT2D eigenvalue weighted by Crippen LogP contribution is 2.49. The number of ether oxygens (including phenoxy) is 7. The van der Waals surface area contributed by atoms with Crippen molar-refractivity contribution < 1.29 is 117 Å². The summed E-state index contributed by atoms with van der Waals surface area (Å²) in [4.78, 5) is 51.0. The second-order valence-electron chi connectivity index (χ2n) is 27.4. The van der Waals surface area contributed by atoms with Crippen LogP contribution in [0.2, 0.25) is 0 Å². The van der Waals surface area contributed by atoms with Gasteiger partial charge in [0, 0.05) is 19.3 Å². The van der Waals surface area contributed by atoms with Gasteiger partial charge in [0.25, 0.3) is 0 Å². The van der Waals surface area contributed by atoms with Crippen molar-refractivity contribution in [1.82, 2.24) is 0 Å². The molecule has 0 aromatic heterocycles. The van der Waals surface area contributed by atoms with E-state index >= 15 is 0 Å². The van der Waals surface area contributed by atoms with E-state index in [4.69, 9.17) is 42.2 Å². The van der Waals surface area contributed by atoms with Crippen LogP contribution in [0.1, 0.15) is 297 Å². The Morgan fingerprint density at radius 1 is 0.392 bits per heavy atom. The largest absolute Gasteiger partial charge is 0.472 e. The molecule has 0 spiro atoms. The maximum atomic E-state index is 14.3. The molecule has 3 rings (SSSR count). The van der Waals surface area contributed by atoms with Gasteiger partial charge in [0.2, 0.25) is 0 Å². The molecule has 2 heterocycles. The van der Waals surface area contributed by atoms with Gasteiger partial charge in [0.1, 0.15) is 98.7 Å². The third-order valence-electron chi connectivity index (χ3n) is 18.8. The first-order chi connectivity index (χ1) is 46.8. The number of carbonyl (C=O) groups is 3. The monoisotopic (exact) mass is 1410 g/mol. The first-order valence-corrected chi connectivity index (χ1v) is 39.5. The lowest BCUT2D eigenvalue weighted by molar-refractivity contribution is -0.360. The molecule has 2 saturated heterocycles. The van der Waals surface area contributed by atoms with Gasteiger partial charge in [-0.25, -0.2) is 4.57 Å². The van der Waals surface area contributed by atoms with Crippen LogP contribution in [-0.4, -0.2) is 204 Å². The lowest BCUT2D eigenvalue weighted by Gasteiger charge is -2.49. The fourth-order valence-corrected chi connectivity index (χ4v) is 13.5. The molecule has 0 aromatic carbocycles. The van der Waals surface area contributed by atoms with Gasteiger partial charge in [-0.1, -0.05) is 245 Å². The van der Waals surface area contributed by atoms with Crippen LogP contribution in [0, 0.1) is 0 Å². The van der Waals surface area contributed by atoms with Gasteiger partial charge >= 0.3 is 25.7 Å².